The number of carbonyl (C=O) groups is 1. The predicted octanol–water partition coefficient (Wildman–Crippen LogP) is 2.24. The molecule has 1 heterocycles. The van der Waals surface area contributed by atoms with Crippen LogP contribution in [-0.2, 0) is 28.9 Å². The van der Waals surface area contributed by atoms with Crippen LogP contribution in [0, 0.1) is 0 Å². The molecular formula is C17H23NO3. The molecule has 2 aliphatic rings. The Kier molecular flexibility index (Phi) is 4.56. The highest BCUT2D eigenvalue weighted by atomic mass is 16.5. The van der Waals surface area contributed by atoms with Crippen LogP contribution in [0.15, 0.2) is 18.2 Å². The van der Waals surface area contributed by atoms with Gasteiger partial charge in [-0.1, -0.05) is 18.2 Å². The molecule has 114 valence electrons. The Labute approximate surface area is 125 Å². The van der Waals surface area contributed by atoms with Gasteiger partial charge in [-0.3, -0.25) is 4.90 Å². The normalized spacial score (nSPS) is 19.6. The molecule has 1 aromatic rings. The average molecular weight is 289 g/mol. The Morgan fingerprint density at radius 1 is 1.24 bits per heavy atom. The van der Waals surface area contributed by atoms with Crippen molar-refractivity contribution in [2.45, 2.75) is 44.8 Å². The van der Waals surface area contributed by atoms with Gasteiger partial charge in [0.2, 0.25) is 0 Å². The number of hydrogen-bond donors (Lipinski definition) is 1. The van der Waals surface area contributed by atoms with Gasteiger partial charge in [0.05, 0.1) is 6.10 Å². The van der Waals surface area contributed by atoms with Crippen LogP contribution in [0.4, 0.5) is 0 Å². The second-order valence-electron chi connectivity index (χ2n) is 6.14. The minimum absolute atomic E-state index is 0.109. The third-order valence-corrected chi connectivity index (χ3v) is 4.55. The van der Waals surface area contributed by atoms with Crippen molar-refractivity contribution in [2.75, 3.05) is 19.7 Å². The van der Waals surface area contributed by atoms with Crippen molar-refractivity contribution in [1.82, 2.24) is 4.90 Å². The summed E-state index contributed by atoms with van der Waals surface area (Å²) in [4.78, 5) is 12.9. The Balaban J connectivity index is 1.48. The third kappa shape index (κ3) is 3.83. The van der Waals surface area contributed by atoms with Crippen molar-refractivity contribution in [3.8, 4) is 0 Å². The van der Waals surface area contributed by atoms with Gasteiger partial charge in [0, 0.05) is 19.6 Å². The molecule has 1 fully saturated rings. The van der Waals surface area contributed by atoms with E-state index in [0.29, 0.717) is 0 Å². The van der Waals surface area contributed by atoms with Crippen molar-refractivity contribution >= 4 is 5.97 Å². The SMILES string of the molecule is O=C(O)COC1CCN(Cc2ccc3c(c2)CCC3)CC1. The van der Waals surface area contributed by atoms with Gasteiger partial charge in [0.25, 0.3) is 0 Å². The number of piperidine rings is 1. The fraction of sp³-hybridized carbons (Fsp3) is 0.588. The molecule has 0 spiro atoms. The van der Waals surface area contributed by atoms with Gasteiger partial charge in [-0.25, -0.2) is 4.79 Å². The maximum atomic E-state index is 10.5. The van der Waals surface area contributed by atoms with Crippen LogP contribution in [0.3, 0.4) is 0 Å². The Bertz CT molecular complexity index is 507. The summed E-state index contributed by atoms with van der Waals surface area (Å²) in [6.45, 7) is 2.80. The zero-order valence-corrected chi connectivity index (χ0v) is 12.4. The molecule has 0 bridgehead atoms. The van der Waals surface area contributed by atoms with Crippen LogP contribution < -0.4 is 0 Å². The smallest absolute Gasteiger partial charge is 0.329 e. The van der Waals surface area contributed by atoms with Crippen LogP contribution in [0.5, 0.6) is 0 Å². The zero-order chi connectivity index (χ0) is 14.7. The predicted molar refractivity (Wildman–Crippen MR) is 80.4 cm³/mol. The molecule has 1 aliphatic carbocycles. The molecule has 1 N–H and O–H groups in total. The lowest BCUT2D eigenvalue weighted by Gasteiger charge is -2.31. The number of hydrogen-bond acceptors (Lipinski definition) is 3. The lowest BCUT2D eigenvalue weighted by Crippen LogP contribution is -2.37. The lowest BCUT2D eigenvalue weighted by atomic mass is 10.0. The van der Waals surface area contributed by atoms with E-state index in [2.05, 4.69) is 23.1 Å². The van der Waals surface area contributed by atoms with Crippen LogP contribution >= 0.6 is 0 Å². The Hall–Kier alpha value is -1.39. The highest BCUT2D eigenvalue weighted by Crippen LogP contribution is 2.24. The molecule has 4 heteroatoms. The first kappa shape index (κ1) is 14.5. The maximum Gasteiger partial charge on any atom is 0.329 e. The van der Waals surface area contributed by atoms with Gasteiger partial charge >= 0.3 is 5.97 Å². The lowest BCUT2D eigenvalue weighted by molar-refractivity contribution is -0.145. The van der Waals surface area contributed by atoms with Crippen molar-refractivity contribution < 1.29 is 14.6 Å². The highest BCUT2D eigenvalue weighted by Gasteiger charge is 2.21. The molecule has 0 radical (unpaired) electrons. The molecule has 0 saturated carbocycles. The van der Waals surface area contributed by atoms with Crippen LogP contribution in [0.25, 0.3) is 0 Å². The molecule has 1 aliphatic heterocycles. The van der Waals surface area contributed by atoms with E-state index in [1.165, 1.54) is 36.0 Å². The second kappa shape index (κ2) is 6.58. The van der Waals surface area contributed by atoms with Gasteiger partial charge < -0.3 is 9.84 Å². The number of rotatable bonds is 5. The number of nitrogens with zero attached hydrogens (tertiary/aromatic N) is 1. The van der Waals surface area contributed by atoms with Crippen LogP contribution in [0.2, 0.25) is 0 Å². The summed E-state index contributed by atoms with van der Waals surface area (Å²) in [6, 6.07) is 6.92. The van der Waals surface area contributed by atoms with Crippen molar-refractivity contribution in [3.05, 3.63) is 34.9 Å². The monoisotopic (exact) mass is 289 g/mol. The topological polar surface area (TPSA) is 49.8 Å². The molecule has 1 saturated heterocycles. The third-order valence-electron chi connectivity index (χ3n) is 4.55. The van der Waals surface area contributed by atoms with E-state index in [9.17, 15) is 4.79 Å². The standard InChI is InChI=1S/C17H23NO3/c19-17(20)12-21-16-6-8-18(9-7-16)11-13-4-5-14-2-1-3-15(14)10-13/h4-5,10,16H,1-3,6-9,11-12H2,(H,19,20). The van der Waals surface area contributed by atoms with E-state index in [1.54, 1.807) is 0 Å². The number of carboxylic acids is 1. The number of aliphatic carboxylic acids is 1. The molecule has 3 rings (SSSR count). The minimum atomic E-state index is -0.879. The average Bonchev–Trinajstić information content (AvgIpc) is 2.94. The first-order valence-corrected chi connectivity index (χ1v) is 7.87. The summed E-state index contributed by atoms with van der Waals surface area (Å²) in [5.74, 6) is -0.879. The molecule has 0 unspecified atom stereocenters. The first-order valence-electron chi connectivity index (χ1n) is 7.87. The van der Waals surface area contributed by atoms with E-state index in [-0.39, 0.29) is 12.7 Å². The molecule has 21 heavy (non-hydrogen) atoms. The summed E-state index contributed by atoms with van der Waals surface area (Å²) in [6.07, 6.45) is 5.73. The quantitative estimate of drug-likeness (QED) is 0.903. The number of carboxylic acid groups (broad SMARTS) is 1. The van der Waals surface area contributed by atoms with E-state index in [4.69, 9.17) is 9.84 Å². The molecular weight excluding hydrogens is 266 g/mol. The number of fused-ring (bicyclic) bond motifs is 1. The summed E-state index contributed by atoms with van der Waals surface area (Å²) in [7, 11) is 0. The largest absolute Gasteiger partial charge is 0.480 e. The summed E-state index contributed by atoms with van der Waals surface area (Å²) >= 11 is 0. The van der Waals surface area contributed by atoms with Gasteiger partial charge in [-0.05, 0) is 48.8 Å². The molecule has 4 nitrogen and oxygen atoms in total. The molecule has 1 aromatic carbocycles. The van der Waals surface area contributed by atoms with Gasteiger partial charge in [-0.2, -0.15) is 0 Å². The summed E-state index contributed by atoms with van der Waals surface area (Å²) < 4.78 is 5.38. The van der Waals surface area contributed by atoms with Gasteiger partial charge in [-0.15, -0.1) is 0 Å². The number of ether oxygens (including phenoxy) is 1. The van der Waals surface area contributed by atoms with E-state index in [1.807, 2.05) is 0 Å². The summed E-state index contributed by atoms with van der Waals surface area (Å²) in [5, 5.41) is 8.63. The van der Waals surface area contributed by atoms with Crippen molar-refractivity contribution in [1.29, 1.82) is 0 Å². The van der Waals surface area contributed by atoms with Crippen molar-refractivity contribution in [3.63, 3.8) is 0 Å². The molecule has 0 aromatic heterocycles. The molecule has 0 amide bonds. The Morgan fingerprint density at radius 2 is 2.00 bits per heavy atom. The maximum absolute atomic E-state index is 10.5. The van der Waals surface area contributed by atoms with Gasteiger partial charge in [0.1, 0.15) is 6.61 Å². The minimum Gasteiger partial charge on any atom is -0.480 e. The fourth-order valence-electron chi connectivity index (χ4n) is 3.40. The van der Waals surface area contributed by atoms with E-state index >= 15 is 0 Å². The first-order chi connectivity index (χ1) is 10.2. The van der Waals surface area contributed by atoms with Crippen LogP contribution in [0.1, 0.15) is 36.0 Å². The number of aryl methyl sites for hydroxylation is 2. The van der Waals surface area contributed by atoms with E-state index < -0.39 is 5.97 Å². The number of benzene rings is 1. The summed E-state index contributed by atoms with van der Waals surface area (Å²) in [5.41, 5.74) is 4.47. The van der Waals surface area contributed by atoms with Crippen molar-refractivity contribution in [2.24, 2.45) is 0 Å². The van der Waals surface area contributed by atoms with Gasteiger partial charge in [0.15, 0.2) is 0 Å². The zero-order valence-electron chi connectivity index (χ0n) is 12.4. The highest BCUT2D eigenvalue weighted by molar-refractivity contribution is 5.68. The Morgan fingerprint density at radius 3 is 2.76 bits per heavy atom. The van der Waals surface area contributed by atoms with E-state index in [0.717, 1.165) is 32.5 Å². The fourth-order valence-corrected chi connectivity index (χ4v) is 3.40. The number of likely N-dealkylation sites (tertiary alicyclic amines) is 1. The molecule has 0 atom stereocenters. The van der Waals surface area contributed by atoms with Crippen LogP contribution in [-0.4, -0.2) is 41.8 Å². The second-order valence-corrected chi connectivity index (χ2v) is 6.14.